The van der Waals surface area contributed by atoms with Crippen LogP contribution in [0.5, 0.6) is 0 Å². The van der Waals surface area contributed by atoms with Gasteiger partial charge in [-0.05, 0) is 32.0 Å². The number of aryl methyl sites for hydroxylation is 2. The van der Waals surface area contributed by atoms with Crippen LogP contribution in [0.4, 0.5) is 0 Å². The Hall–Kier alpha value is -2.74. The van der Waals surface area contributed by atoms with Crippen molar-refractivity contribution in [3.8, 4) is 5.82 Å². The fourth-order valence-electron chi connectivity index (χ4n) is 3.37. The zero-order chi connectivity index (χ0) is 19.6. The van der Waals surface area contributed by atoms with E-state index in [0.717, 1.165) is 11.4 Å². The number of aliphatic hydroxyl groups is 1. The molecule has 1 unspecified atom stereocenters. The number of rotatable bonds is 3. The van der Waals surface area contributed by atoms with Crippen molar-refractivity contribution in [3.63, 3.8) is 0 Å². The van der Waals surface area contributed by atoms with Crippen LogP contribution in [0.15, 0.2) is 24.4 Å². The van der Waals surface area contributed by atoms with E-state index in [2.05, 4.69) is 10.1 Å². The molecule has 1 fully saturated rings. The van der Waals surface area contributed by atoms with Crippen LogP contribution in [0, 0.1) is 19.8 Å². The third kappa shape index (κ3) is 4.16. The quantitative estimate of drug-likeness (QED) is 0.862. The van der Waals surface area contributed by atoms with Crippen molar-refractivity contribution < 1.29 is 14.7 Å². The van der Waals surface area contributed by atoms with Gasteiger partial charge < -0.3 is 14.9 Å². The summed E-state index contributed by atoms with van der Waals surface area (Å²) in [7, 11) is 0. The zero-order valence-electron chi connectivity index (χ0n) is 15.9. The minimum atomic E-state index is -0.151. The van der Waals surface area contributed by atoms with Gasteiger partial charge >= 0.3 is 0 Å². The molecule has 144 valence electrons. The van der Waals surface area contributed by atoms with E-state index in [1.54, 1.807) is 32.8 Å². The van der Waals surface area contributed by atoms with Crippen LogP contribution in [0.3, 0.4) is 0 Å². The van der Waals surface area contributed by atoms with Gasteiger partial charge in [-0.3, -0.25) is 9.59 Å². The van der Waals surface area contributed by atoms with Gasteiger partial charge in [-0.2, -0.15) is 5.10 Å². The molecule has 2 aromatic heterocycles. The highest BCUT2D eigenvalue weighted by molar-refractivity contribution is 5.94. The molecule has 3 rings (SSSR count). The van der Waals surface area contributed by atoms with Crippen LogP contribution < -0.4 is 0 Å². The van der Waals surface area contributed by atoms with E-state index in [9.17, 15) is 14.7 Å². The van der Waals surface area contributed by atoms with Crippen molar-refractivity contribution >= 4 is 11.8 Å². The summed E-state index contributed by atoms with van der Waals surface area (Å²) in [6.07, 6.45) is 1.55. The third-order valence-electron chi connectivity index (χ3n) is 4.81. The van der Waals surface area contributed by atoms with Crippen LogP contribution in [-0.4, -0.2) is 74.3 Å². The van der Waals surface area contributed by atoms with Crippen LogP contribution in [0.1, 0.15) is 28.7 Å². The maximum Gasteiger partial charge on any atom is 0.255 e. The second-order valence-electron chi connectivity index (χ2n) is 7.01. The normalized spacial score (nSPS) is 17.7. The molecule has 8 nitrogen and oxygen atoms in total. The molecule has 1 aliphatic heterocycles. The predicted molar refractivity (Wildman–Crippen MR) is 99.6 cm³/mol. The van der Waals surface area contributed by atoms with Crippen LogP contribution in [-0.2, 0) is 4.79 Å². The molecule has 0 aromatic carbocycles. The highest BCUT2D eigenvalue weighted by Crippen LogP contribution is 2.15. The summed E-state index contributed by atoms with van der Waals surface area (Å²) < 4.78 is 1.74. The van der Waals surface area contributed by atoms with Crippen molar-refractivity contribution in [2.24, 2.45) is 5.92 Å². The number of carbonyl (C=O) groups is 2. The molecule has 0 aliphatic carbocycles. The Morgan fingerprint density at radius 1 is 1.19 bits per heavy atom. The SMILES string of the molecule is CC(=O)N1CCN(C(=O)c2ccc(-n3nc(C)cc3C)nc2)CC(CO)C1. The lowest BCUT2D eigenvalue weighted by molar-refractivity contribution is -0.129. The minimum Gasteiger partial charge on any atom is -0.396 e. The third-order valence-corrected chi connectivity index (χ3v) is 4.81. The van der Waals surface area contributed by atoms with Gasteiger partial charge in [-0.1, -0.05) is 0 Å². The molecule has 0 radical (unpaired) electrons. The Bertz CT molecular complexity index is 830. The number of carbonyl (C=O) groups excluding carboxylic acids is 2. The fraction of sp³-hybridized carbons (Fsp3) is 0.474. The van der Waals surface area contributed by atoms with Crippen molar-refractivity contribution in [2.45, 2.75) is 20.8 Å². The molecule has 1 atom stereocenters. The molecule has 3 heterocycles. The molecule has 0 bridgehead atoms. The summed E-state index contributed by atoms with van der Waals surface area (Å²) in [6.45, 7) is 7.10. The predicted octanol–water partition coefficient (Wildman–Crippen LogP) is 0.797. The average molecular weight is 371 g/mol. The molecule has 1 saturated heterocycles. The van der Waals surface area contributed by atoms with E-state index in [0.29, 0.717) is 37.6 Å². The average Bonchev–Trinajstić information content (AvgIpc) is 2.86. The molecular formula is C19H25N5O3. The molecule has 1 aliphatic rings. The van der Waals surface area contributed by atoms with Crippen LogP contribution in [0.25, 0.3) is 5.82 Å². The summed E-state index contributed by atoms with van der Waals surface area (Å²) in [5, 5.41) is 14.0. The number of nitrogens with zero attached hydrogens (tertiary/aromatic N) is 5. The first-order valence-electron chi connectivity index (χ1n) is 9.04. The highest BCUT2D eigenvalue weighted by Gasteiger charge is 2.27. The maximum absolute atomic E-state index is 12.9. The molecular weight excluding hydrogens is 346 g/mol. The molecule has 2 aromatic rings. The van der Waals surface area contributed by atoms with Gasteiger partial charge in [0.2, 0.25) is 5.91 Å². The number of amides is 2. The maximum atomic E-state index is 12.9. The van der Waals surface area contributed by atoms with E-state index < -0.39 is 0 Å². The van der Waals surface area contributed by atoms with Gasteiger partial charge in [0.25, 0.3) is 5.91 Å². The van der Waals surface area contributed by atoms with Crippen LogP contribution >= 0.6 is 0 Å². The van der Waals surface area contributed by atoms with E-state index in [-0.39, 0.29) is 24.3 Å². The summed E-state index contributed by atoms with van der Waals surface area (Å²) in [5.41, 5.74) is 2.36. The van der Waals surface area contributed by atoms with Gasteiger partial charge in [0, 0.05) is 57.5 Å². The molecule has 27 heavy (non-hydrogen) atoms. The van der Waals surface area contributed by atoms with Crippen molar-refractivity contribution in [1.82, 2.24) is 24.6 Å². The Labute approximate surface area is 158 Å². The standard InChI is InChI=1S/C19H25N5O3/c1-13-8-14(2)24(21-13)18-5-4-17(9-20-18)19(27)23-7-6-22(15(3)26)10-16(11-23)12-25/h4-5,8-9,16,25H,6-7,10-12H2,1-3H3. The monoisotopic (exact) mass is 371 g/mol. The molecule has 0 saturated carbocycles. The van der Waals surface area contributed by atoms with Gasteiger partial charge in [0.1, 0.15) is 0 Å². The highest BCUT2D eigenvalue weighted by atomic mass is 16.3. The number of aliphatic hydroxyl groups excluding tert-OH is 1. The number of pyridine rings is 1. The van der Waals surface area contributed by atoms with Crippen molar-refractivity contribution in [1.29, 1.82) is 0 Å². The number of aromatic nitrogens is 3. The number of hydrogen-bond acceptors (Lipinski definition) is 5. The van der Waals surface area contributed by atoms with E-state index in [1.165, 1.54) is 6.92 Å². The van der Waals surface area contributed by atoms with Gasteiger partial charge in [-0.15, -0.1) is 0 Å². The Morgan fingerprint density at radius 2 is 1.89 bits per heavy atom. The summed E-state index contributed by atoms with van der Waals surface area (Å²) in [6, 6.07) is 5.48. The van der Waals surface area contributed by atoms with E-state index >= 15 is 0 Å². The Balaban J connectivity index is 1.76. The van der Waals surface area contributed by atoms with Gasteiger partial charge in [-0.25, -0.2) is 9.67 Å². The molecule has 0 spiro atoms. The molecule has 1 N–H and O–H groups in total. The van der Waals surface area contributed by atoms with E-state index in [1.807, 2.05) is 19.9 Å². The Morgan fingerprint density at radius 3 is 2.44 bits per heavy atom. The Kier molecular flexibility index (Phi) is 5.55. The van der Waals surface area contributed by atoms with Crippen molar-refractivity contribution in [3.05, 3.63) is 41.3 Å². The molecule has 2 amide bonds. The summed E-state index contributed by atoms with van der Waals surface area (Å²) in [4.78, 5) is 32.3. The first kappa shape index (κ1) is 19.0. The zero-order valence-corrected chi connectivity index (χ0v) is 15.9. The van der Waals surface area contributed by atoms with Gasteiger partial charge in [0.15, 0.2) is 5.82 Å². The topological polar surface area (TPSA) is 91.6 Å². The summed E-state index contributed by atoms with van der Waals surface area (Å²) in [5.74, 6) is 0.316. The second kappa shape index (κ2) is 7.87. The lowest BCUT2D eigenvalue weighted by atomic mass is 10.1. The lowest BCUT2D eigenvalue weighted by Gasteiger charge is -2.22. The van der Waals surface area contributed by atoms with Crippen molar-refractivity contribution in [2.75, 3.05) is 32.8 Å². The molecule has 8 heteroatoms. The summed E-state index contributed by atoms with van der Waals surface area (Å²) >= 11 is 0. The smallest absolute Gasteiger partial charge is 0.255 e. The van der Waals surface area contributed by atoms with E-state index in [4.69, 9.17) is 0 Å². The lowest BCUT2D eigenvalue weighted by Crippen LogP contribution is -2.37. The first-order chi connectivity index (χ1) is 12.9. The largest absolute Gasteiger partial charge is 0.396 e. The minimum absolute atomic E-state index is 0.0429. The van der Waals surface area contributed by atoms with Gasteiger partial charge in [0.05, 0.1) is 11.3 Å². The first-order valence-corrected chi connectivity index (χ1v) is 9.04. The number of hydrogen-bond donors (Lipinski definition) is 1. The fourth-order valence-corrected chi connectivity index (χ4v) is 3.37. The van der Waals surface area contributed by atoms with Crippen LogP contribution in [0.2, 0.25) is 0 Å². The second-order valence-corrected chi connectivity index (χ2v) is 7.01.